The first-order chi connectivity index (χ1) is 14.6. The quantitative estimate of drug-likeness (QED) is 0.780. The highest BCUT2D eigenvalue weighted by atomic mass is 16.5. The summed E-state index contributed by atoms with van der Waals surface area (Å²) in [6.07, 6.45) is 3.66. The SMILES string of the molecule is COc1ccc(N2CCN(C3CCCN(C(=O)CN4CCC(O)CC4)C3)CC2)cc1. The molecule has 1 N–H and O–H groups in total. The smallest absolute Gasteiger partial charge is 0.236 e. The maximum absolute atomic E-state index is 12.9. The van der Waals surface area contributed by atoms with Crippen molar-refractivity contribution < 1.29 is 14.6 Å². The van der Waals surface area contributed by atoms with E-state index in [4.69, 9.17) is 4.74 Å². The van der Waals surface area contributed by atoms with Gasteiger partial charge in [0.2, 0.25) is 5.91 Å². The van der Waals surface area contributed by atoms with Gasteiger partial charge in [-0.2, -0.15) is 0 Å². The van der Waals surface area contributed by atoms with E-state index in [1.807, 2.05) is 12.1 Å². The molecular formula is C23H36N4O3. The van der Waals surface area contributed by atoms with Crippen molar-refractivity contribution in [1.29, 1.82) is 0 Å². The fraction of sp³-hybridized carbons (Fsp3) is 0.696. The number of carbonyl (C=O) groups is 1. The summed E-state index contributed by atoms with van der Waals surface area (Å²) >= 11 is 0. The van der Waals surface area contributed by atoms with Crippen LogP contribution in [0.1, 0.15) is 25.7 Å². The van der Waals surface area contributed by atoms with Crippen LogP contribution in [0.15, 0.2) is 24.3 Å². The normalized spacial score (nSPS) is 24.8. The number of hydrogen-bond donors (Lipinski definition) is 1. The molecule has 0 radical (unpaired) electrons. The van der Waals surface area contributed by atoms with Crippen LogP contribution >= 0.6 is 0 Å². The number of rotatable bonds is 5. The number of anilines is 1. The van der Waals surface area contributed by atoms with Crippen LogP contribution < -0.4 is 9.64 Å². The molecule has 3 saturated heterocycles. The zero-order valence-corrected chi connectivity index (χ0v) is 18.2. The summed E-state index contributed by atoms with van der Waals surface area (Å²) in [5.74, 6) is 1.15. The number of likely N-dealkylation sites (tertiary alicyclic amines) is 2. The van der Waals surface area contributed by atoms with Crippen molar-refractivity contribution in [3.8, 4) is 5.75 Å². The molecule has 4 rings (SSSR count). The second-order valence-electron chi connectivity index (χ2n) is 8.86. The molecule has 3 fully saturated rings. The van der Waals surface area contributed by atoms with Gasteiger partial charge in [0.1, 0.15) is 5.75 Å². The van der Waals surface area contributed by atoms with E-state index in [0.717, 1.165) is 77.4 Å². The molecule has 1 amide bonds. The Hall–Kier alpha value is -1.83. The van der Waals surface area contributed by atoms with Gasteiger partial charge in [-0.05, 0) is 49.9 Å². The van der Waals surface area contributed by atoms with Crippen LogP contribution in [-0.4, -0.2) is 104 Å². The highest BCUT2D eigenvalue weighted by Crippen LogP contribution is 2.23. The van der Waals surface area contributed by atoms with Crippen LogP contribution in [-0.2, 0) is 4.79 Å². The third-order valence-corrected chi connectivity index (χ3v) is 6.93. The number of nitrogens with zero attached hydrogens (tertiary/aromatic N) is 4. The Morgan fingerprint density at radius 2 is 1.70 bits per heavy atom. The molecule has 0 spiro atoms. The molecule has 0 saturated carbocycles. The van der Waals surface area contributed by atoms with Crippen LogP contribution in [0.4, 0.5) is 5.69 Å². The first-order valence-corrected chi connectivity index (χ1v) is 11.4. The van der Waals surface area contributed by atoms with E-state index in [9.17, 15) is 9.90 Å². The molecule has 1 aromatic carbocycles. The summed E-state index contributed by atoms with van der Waals surface area (Å²) in [7, 11) is 1.70. The molecule has 1 atom stereocenters. The summed E-state index contributed by atoms with van der Waals surface area (Å²) in [6, 6.07) is 8.79. The topological polar surface area (TPSA) is 59.5 Å². The lowest BCUT2D eigenvalue weighted by atomic mass is 10.0. The maximum Gasteiger partial charge on any atom is 0.236 e. The number of aliphatic hydroxyl groups is 1. The van der Waals surface area contributed by atoms with Crippen molar-refractivity contribution in [2.45, 2.75) is 37.8 Å². The van der Waals surface area contributed by atoms with Gasteiger partial charge in [-0.1, -0.05) is 0 Å². The van der Waals surface area contributed by atoms with Gasteiger partial charge in [-0.3, -0.25) is 14.6 Å². The predicted molar refractivity (Wildman–Crippen MR) is 118 cm³/mol. The highest BCUT2D eigenvalue weighted by molar-refractivity contribution is 5.78. The van der Waals surface area contributed by atoms with Gasteiger partial charge in [-0.25, -0.2) is 0 Å². The Kier molecular flexibility index (Phi) is 7.12. The number of methoxy groups -OCH3 is 1. The number of piperidine rings is 2. The number of hydrogen-bond acceptors (Lipinski definition) is 6. The molecule has 3 aliphatic rings. The first-order valence-electron chi connectivity index (χ1n) is 11.4. The van der Waals surface area contributed by atoms with E-state index in [-0.39, 0.29) is 12.0 Å². The third kappa shape index (κ3) is 5.25. The Morgan fingerprint density at radius 1 is 1.00 bits per heavy atom. The number of carbonyl (C=O) groups excluding carboxylic acids is 1. The third-order valence-electron chi connectivity index (χ3n) is 6.93. The largest absolute Gasteiger partial charge is 0.497 e. The molecule has 3 heterocycles. The summed E-state index contributed by atoms with van der Waals surface area (Å²) in [5, 5.41) is 9.67. The lowest BCUT2D eigenvalue weighted by Crippen LogP contribution is -2.56. The fourth-order valence-corrected chi connectivity index (χ4v) is 4.99. The Bertz CT molecular complexity index is 682. The molecule has 166 valence electrons. The number of piperazine rings is 1. The van der Waals surface area contributed by atoms with E-state index in [2.05, 4.69) is 31.7 Å². The second kappa shape index (κ2) is 9.98. The maximum atomic E-state index is 12.9. The Balaban J connectivity index is 1.25. The fourth-order valence-electron chi connectivity index (χ4n) is 4.99. The van der Waals surface area contributed by atoms with Gasteiger partial charge < -0.3 is 19.6 Å². The molecule has 7 heteroatoms. The molecule has 3 aliphatic heterocycles. The molecule has 0 bridgehead atoms. The minimum absolute atomic E-state index is 0.188. The zero-order chi connectivity index (χ0) is 20.9. The minimum atomic E-state index is -0.188. The number of amides is 1. The van der Waals surface area contributed by atoms with Crippen LogP contribution in [0.3, 0.4) is 0 Å². The number of ether oxygens (including phenoxy) is 1. The molecule has 7 nitrogen and oxygen atoms in total. The second-order valence-corrected chi connectivity index (χ2v) is 8.86. The van der Waals surface area contributed by atoms with Crippen molar-refractivity contribution in [2.75, 3.05) is 70.9 Å². The minimum Gasteiger partial charge on any atom is -0.497 e. The lowest BCUT2D eigenvalue weighted by Gasteiger charge is -2.44. The van der Waals surface area contributed by atoms with Gasteiger partial charge in [0.15, 0.2) is 0 Å². The monoisotopic (exact) mass is 416 g/mol. The zero-order valence-electron chi connectivity index (χ0n) is 18.2. The van der Waals surface area contributed by atoms with E-state index in [1.165, 1.54) is 12.1 Å². The van der Waals surface area contributed by atoms with Gasteiger partial charge in [0, 0.05) is 64.1 Å². The summed E-state index contributed by atoms with van der Waals surface area (Å²) in [4.78, 5) is 22.1. The standard InChI is InChI=1S/C23H36N4O3/c1-30-22-6-4-19(5-7-22)25-13-15-26(16-14-25)20-3-2-10-27(17-20)23(29)18-24-11-8-21(28)9-12-24/h4-7,20-21,28H,2-3,8-18H2,1H3. The van der Waals surface area contributed by atoms with Crippen molar-refractivity contribution in [1.82, 2.24) is 14.7 Å². The van der Waals surface area contributed by atoms with E-state index in [1.54, 1.807) is 7.11 Å². The van der Waals surface area contributed by atoms with Crippen LogP contribution in [0, 0.1) is 0 Å². The van der Waals surface area contributed by atoms with Crippen molar-refractivity contribution in [3.63, 3.8) is 0 Å². The number of benzene rings is 1. The highest BCUT2D eigenvalue weighted by Gasteiger charge is 2.31. The van der Waals surface area contributed by atoms with Crippen molar-refractivity contribution >= 4 is 11.6 Å². The van der Waals surface area contributed by atoms with Gasteiger partial charge >= 0.3 is 0 Å². The Labute approximate surface area is 180 Å². The van der Waals surface area contributed by atoms with Gasteiger partial charge in [0.25, 0.3) is 0 Å². The summed E-state index contributed by atoms with van der Waals surface area (Å²) in [5.41, 5.74) is 1.25. The lowest BCUT2D eigenvalue weighted by molar-refractivity contribution is -0.135. The average molecular weight is 417 g/mol. The summed E-state index contributed by atoms with van der Waals surface area (Å²) < 4.78 is 5.26. The summed E-state index contributed by atoms with van der Waals surface area (Å²) in [6.45, 7) is 8.04. The molecule has 1 unspecified atom stereocenters. The van der Waals surface area contributed by atoms with E-state index < -0.39 is 0 Å². The molecular weight excluding hydrogens is 380 g/mol. The molecule has 30 heavy (non-hydrogen) atoms. The predicted octanol–water partition coefficient (Wildman–Crippen LogP) is 1.26. The Morgan fingerprint density at radius 3 is 2.37 bits per heavy atom. The van der Waals surface area contributed by atoms with E-state index in [0.29, 0.717) is 12.6 Å². The van der Waals surface area contributed by atoms with E-state index >= 15 is 0 Å². The first kappa shape index (κ1) is 21.4. The molecule has 1 aromatic rings. The van der Waals surface area contributed by atoms with Crippen molar-refractivity contribution in [2.24, 2.45) is 0 Å². The van der Waals surface area contributed by atoms with Gasteiger partial charge in [0.05, 0.1) is 19.8 Å². The molecule has 0 aliphatic carbocycles. The molecule has 0 aromatic heterocycles. The van der Waals surface area contributed by atoms with Crippen molar-refractivity contribution in [3.05, 3.63) is 24.3 Å². The van der Waals surface area contributed by atoms with Crippen LogP contribution in [0.25, 0.3) is 0 Å². The van der Waals surface area contributed by atoms with Crippen LogP contribution in [0.2, 0.25) is 0 Å². The number of aliphatic hydroxyl groups excluding tert-OH is 1. The average Bonchev–Trinajstić information content (AvgIpc) is 2.81. The van der Waals surface area contributed by atoms with Crippen LogP contribution in [0.5, 0.6) is 5.75 Å². The van der Waals surface area contributed by atoms with Gasteiger partial charge in [-0.15, -0.1) is 0 Å².